The topological polar surface area (TPSA) is 71.7 Å². The van der Waals surface area contributed by atoms with E-state index in [0.717, 1.165) is 11.3 Å². The molecule has 0 aliphatic carbocycles. The quantitative estimate of drug-likeness (QED) is 0.724. The largest absolute Gasteiger partial charge is 0.477 e. The van der Waals surface area contributed by atoms with Gasteiger partial charge in [0.05, 0.1) is 6.20 Å². The van der Waals surface area contributed by atoms with Crippen molar-refractivity contribution in [2.24, 2.45) is 0 Å². The number of hydrogen-bond donors (Lipinski definition) is 1. The number of rotatable bonds is 2. The fraction of sp³-hybridized carbons (Fsp3) is 0. The number of thiazole rings is 1. The van der Waals surface area contributed by atoms with E-state index in [4.69, 9.17) is 5.11 Å². The van der Waals surface area contributed by atoms with Crippen LogP contribution in [0.15, 0.2) is 12.4 Å². The van der Waals surface area contributed by atoms with Gasteiger partial charge in [-0.2, -0.15) is 0 Å². The Balaban J connectivity index is 2.69. The highest BCUT2D eigenvalue weighted by Gasteiger charge is 2.11. The minimum Gasteiger partial charge on any atom is -0.477 e. The first-order chi connectivity index (χ1) is 6.22. The molecular formula is C7H4N2O3S. The second-order valence-electron chi connectivity index (χ2n) is 2.35. The predicted molar refractivity (Wildman–Crippen MR) is 45.4 cm³/mol. The van der Waals surface area contributed by atoms with Crippen LogP contribution in [0.3, 0.4) is 0 Å². The Morgan fingerprint density at radius 2 is 2.46 bits per heavy atom. The molecule has 0 atom stereocenters. The zero-order chi connectivity index (χ0) is 9.42. The molecule has 0 amide bonds. The minimum absolute atomic E-state index is 0.172. The van der Waals surface area contributed by atoms with Gasteiger partial charge in [0.25, 0.3) is 0 Å². The van der Waals surface area contributed by atoms with Crippen molar-refractivity contribution in [3.05, 3.63) is 23.0 Å². The number of fused-ring (bicyclic) bond motifs is 1. The summed E-state index contributed by atoms with van der Waals surface area (Å²) < 4.78 is 1.46. The van der Waals surface area contributed by atoms with Crippen LogP contribution < -0.4 is 0 Å². The summed E-state index contributed by atoms with van der Waals surface area (Å²) in [4.78, 5) is 25.6. The Bertz CT molecular complexity index is 485. The predicted octanol–water partition coefficient (Wildman–Crippen LogP) is 0.906. The number of carbonyl (C=O) groups excluding carboxylic acids is 1. The molecule has 66 valence electrons. The van der Waals surface area contributed by atoms with Gasteiger partial charge in [-0.1, -0.05) is 11.3 Å². The average Bonchev–Trinajstić information content (AvgIpc) is 2.60. The van der Waals surface area contributed by atoms with Crippen molar-refractivity contribution in [1.82, 2.24) is 9.38 Å². The van der Waals surface area contributed by atoms with E-state index in [1.807, 2.05) is 0 Å². The maximum atomic E-state index is 10.5. The Morgan fingerprint density at radius 1 is 1.69 bits per heavy atom. The maximum Gasteiger partial charge on any atom is 0.347 e. The number of carbonyl (C=O) groups is 2. The molecule has 0 aliphatic rings. The number of nitrogens with zero attached hydrogens (tertiary/aromatic N) is 2. The molecular weight excluding hydrogens is 192 g/mol. The summed E-state index contributed by atoms with van der Waals surface area (Å²) in [5.74, 6) is -1.01. The van der Waals surface area contributed by atoms with Crippen LogP contribution in [0, 0.1) is 0 Å². The molecule has 0 radical (unpaired) electrons. The third-order valence-electron chi connectivity index (χ3n) is 1.57. The third kappa shape index (κ3) is 1.11. The first-order valence-electron chi connectivity index (χ1n) is 3.37. The highest BCUT2D eigenvalue weighted by molar-refractivity contribution is 7.18. The van der Waals surface area contributed by atoms with E-state index in [1.165, 1.54) is 16.8 Å². The molecule has 13 heavy (non-hydrogen) atoms. The Kier molecular flexibility index (Phi) is 1.63. The van der Waals surface area contributed by atoms with Gasteiger partial charge in [-0.15, -0.1) is 0 Å². The SMILES string of the molecule is O=Cc1cnc2sc(C(=O)O)cn12. The van der Waals surface area contributed by atoms with Gasteiger partial charge in [0, 0.05) is 6.20 Å². The lowest BCUT2D eigenvalue weighted by Crippen LogP contribution is -1.92. The van der Waals surface area contributed by atoms with Crippen molar-refractivity contribution in [3.63, 3.8) is 0 Å². The zero-order valence-corrected chi connectivity index (χ0v) is 7.11. The van der Waals surface area contributed by atoms with Crippen LogP contribution in [0.4, 0.5) is 0 Å². The second-order valence-corrected chi connectivity index (χ2v) is 3.36. The average molecular weight is 196 g/mol. The van der Waals surface area contributed by atoms with Crippen LogP contribution in [0.5, 0.6) is 0 Å². The van der Waals surface area contributed by atoms with Crippen molar-refractivity contribution < 1.29 is 14.7 Å². The van der Waals surface area contributed by atoms with Crippen molar-refractivity contribution in [1.29, 1.82) is 0 Å². The standard InChI is InChI=1S/C7H4N2O3S/c10-3-4-1-8-7-9(4)2-5(13-7)6(11)12/h1-3H,(H,11,12). The smallest absolute Gasteiger partial charge is 0.347 e. The van der Waals surface area contributed by atoms with Gasteiger partial charge in [0.15, 0.2) is 11.2 Å². The molecule has 2 rings (SSSR count). The van der Waals surface area contributed by atoms with Crippen molar-refractivity contribution >= 4 is 28.6 Å². The van der Waals surface area contributed by atoms with Crippen LogP contribution in [-0.4, -0.2) is 26.7 Å². The molecule has 0 unspecified atom stereocenters. The van der Waals surface area contributed by atoms with E-state index in [1.54, 1.807) is 0 Å². The third-order valence-corrected chi connectivity index (χ3v) is 2.56. The zero-order valence-electron chi connectivity index (χ0n) is 6.30. The Hall–Kier alpha value is -1.69. The molecule has 0 aromatic carbocycles. The molecule has 5 nitrogen and oxygen atoms in total. The molecule has 0 saturated heterocycles. The van der Waals surface area contributed by atoms with Crippen LogP contribution in [-0.2, 0) is 0 Å². The molecule has 6 heteroatoms. The molecule has 2 heterocycles. The highest BCUT2D eigenvalue weighted by Crippen LogP contribution is 2.17. The molecule has 0 bridgehead atoms. The molecule has 0 saturated carbocycles. The minimum atomic E-state index is -1.01. The first-order valence-corrected chi connectivity index (χ1v) is 4.19. The van der Waals surface area contributed by atoms with E-state index in [2.05, 4.69) is 4.98 Å². The van der Waals surface area contributed by atoms with Gasteiger partial charge in [-0.3, -0.25) is 9.20 Å². The number of hydrogen-bond acceptors (Lipinski definition) is 4. The highest BCUT2D eigenvalue weighted by atomic mass is 32.1. The van der Waals surface area contributed by atoms with Gasteiger partial charge in [-0.05, 0) is 0 Å². The fourth-order valence-corrected chi connectivity index (χ4v) is 1.79. The van der Waals surface area contributed by atoms with Gasteiger partial charge in [-0.25, -0.2) is 9.78 Å². The molecule has 0 spiro atoms. The van der Waals surface area contributed by atoms with E-state index in [-0.39, 0.29) is 4.88 Å². The number of imidazole rings is 1. The van der Waals surface area contributed by atoms with Crippen LogP contribution in [0.25, 0.3) is 4.96 Å². The van der Waals surface area contributed by atoms with E-state index >= 15 is 0 Å². The Labute approximate surface area is 76.3 Å². The number of carboxylic acids is 1. The van der Waals surface area contributed by atoms with E-state index in [0.29, 0.717) is 16.9 Å². The number of aldehydes is 1. The summed E-state index contributed by atoms with van der Waals surface area (Å²) in [5.41, 5.74) is 0.360. The van der Waals surface area contributed by atoms with Gasteiger partial charge in [0.1, 0.15) is 10.6 Å². The normalized spacial score (nSPS) is 10.5. The van der Waals surface area contributed by atoms with Gasteiger partial charge < -0.3 is 5.11 Å². The second kappa shape index (κ2) is 2.67. The molecule has 2 aromatic rings. The van der Waals surface area contributed by atoms with Crippen LogP contribution >= 0.6 is 11.3 Å². The summed E-state index contributed by atoms with van der Waals surface area (Å²) in [6, 6.07) is 0. The fourth-order valence-electron chi connectivity index (χ4n) is 0.990. The molecule has 2 aromatic heterocycles. The van der Waals surface area contributed by atoms with Gasteiger partial charge in [0.2, 0.25) is 0 Å². The van der Waals surface area contributed by atoms with Crippen molar-refractivity contribution in [3.8, 4) is 0 Å². The van der Waals surface area contributed by atoms with Crippen molar-refractivity contribution in [2.75, 3.05) is 0 Å². The van der Waals surface area contributed by atoms with Gasteiger partial charge >= 0.3 is 5.97 Å². The first kappa shape index (κ1) is 7.93. The Morgan fingerprint density at radius 3 is 3.08 bits per heavy atom. The number of carboxylic acid groups (broad SMARTS) is 1. The summed E-state index contributed by atoms with van der Waals surface area (Å²) in [5, 5.41) is 8.65. The molecule has 1 N–H and O–H groups in total. The maximum absolute atomic E-state index is 10.5. The van der Waals surface area contributed by atoms with Crippen LogP contribution in [0.1, 0.15) is 20.2 Å². The summed E-state index contributed by atoms with van der Waals surface area (Å²) in [6.45, 7) is 0. The summed E-state index contributed by atoms with van der Waals surface area (Å²) in [7, 11) is 0. The van der Waals surface area contributed by atoms with E-state index < -0.39 is 5.97 Å². The van der Waals surface area contributed by atoms with Crippen molar-refractivity contribution in [2.45, 2.75) is 0 Å². The lowest BCUT2D eigenvalue weighted by Gasteiger charge is -1.83. The monoisotopic (exact) mass is 196 g/mol. The number of aromatic carboxylic acids is 1. The lowest BCUT2D eigenvalue weighted by molar-refractivity contribution is 0.0701. The van der Waals surface area contributed by atoms with Crippen LogP contribution in [0.2, 0.25) is 0 Å². The van der Waals surface area contributed by atoms with E-state index in [9.17, 15) is 9.59 Å². The molecule has 0 fully saturated rings. The molecule has 0 aliphatic heterocycles. The summed E-state index contributed by atoms with van der Waals surface area (Å²) >= 11 is 1.03. The summed E-state index contributed by atoms with van der Waals surface area (Å²) in [6.07, 6.45) is 3.43. The lowest BCUT2D eigenvalue weighted by atomic mass is 10.5. The number of aromatic nitrogens is 2.